The van der Waals surface area contributed by atoms with E-state index in [1.54, 1.807) is 36.4 Å². The van der Waals surface area contributed by atoms with Crippen LogP contribution in [0.25, 0.3) is 0 Å². The Morgan fingerprint density at radius 2 is 1.76 bits per heavy atom. The third-order valence-electron chi connectivity index (χ3n) is 4.92. The summed E-state index contributed by atoms with van der Waals surface area (Å²) in [5.74, 6) is -0.563. The smallest absolute Gasteiger partial charge is 0.251 e. The molecule has 0 aromatic heterocycles. The molecule has 2 aromatic carbocycles. The van der Waals surface area contributed by atoms with Crippen molar-refractivity contribution in [1.82, 2.24) is 5.32 Å². The Kier molecular flexibility index (Phi) is 6.69. The van der Waals surface area contributed by atoms with E-state index >= 15 is 0 Å². The summed E-state index contributed by atoms with van der Waals surface area (Å²) in [5.41, 5.74) is 2.84. The van der Waals surface area contributed by atoms with Crippen molar-refractivity contribution < 1.29 is 17.6 Å². The summed E-state index contributed by atoms with van der Waals surface area (Å²) < 4.78 is 38.9. The Bertz CT molecular complexity index is 984. The van der Waals surface area contributed by atoms with Crippen LogP contribution < -0.4 is 9.62 Å². The molecule has 0 fully saturated rings. The van der Waals surface area contributed by atoms with Crippen molar-refractivity contribution in [3.05, 3.63) is 77.1 Å². The highest BCUT2D eigenvalue weighted by molar-refractivity contribution is 7.92. The molecule has 0 unspecified atom stereocenters. The Labute approximate surface area is 171 Å². The summed E-state index contributed by atoms with van der Waals surface area (Å²) in [5, 5.41) is 2.92. The van der Waals surface area contributed by atoms with Gasteiger partial charge in [-0.3, -0.25) is 9.10 Å². The maximum atomic E-state index is 13.1. The van der Waals surface area contributed by atoms with E-state index in [-0.39, 0.29) is 18.3 Å². The highest BCUT2D eigenvalue weighted by Gasteiger charge is 2.18. The molecule has 1 N–H and O–H groups in total. The maximum absolute atomic E-state index is 13.1. The number of nitrogens with one attached hydrogen (secondary N) is 1. The molecule has 0 bridgehead atoms. The molecule has 5 nitrogen and oxygen atoms in total. The zero-order valence-corrected chi connectivity index (χ0v) is 17.2. The lowest BCUT2D eigenvalue weighted by Gasteiger charge is -2.23. The van der Waals surface area contributed by atoms with Crippen molar-refractivity contribution in [2.45, 2.75) is 32.2 Å². The van der Waals surface area contributed by atoms with Crippen molar-refractivity contribution in [2.75, 3.05) is 17.1 Å². The lowest BCUT2D eigenvalue weighted by molar-refractivity contribution is 0.0956. The highest BCUT2D eigenvalue weighted by Crippen LogP contribution is 2.22. The quantitative estimate of drug-likeness (QED) is 0.693. The van der Waals surface area contributed by atoms with Gasteiger partial charge in [-0.15, -0.1) is 0 Å². The number of sulfonamides is 1. The second-order valence-electron chi connectivity index (χ2n) is 7.23. The van der Waals surface area contributed by atoms with Gasteiger partial charge in [-0.05, 0) is 67.6 Å². The molecule has 0 radical (unpaired) electrons. The number of carbonyl (C=O) groups is 1. The molecule has 2 aromatic rings. The molecule has 0 spiro atoms. The summed E-state index contributed by atoms with van der Waals surface area (Å²) in [6, 6.07) is 12.1. The minimum atomic E-state index is -3.55. The van der Waals surface area contributed by atoms with Gasteiger partial charge in [-0.1, -0.05) is 23.8 Å². The first kappa shape index (κ1) is 21.0. The predicted octanol–water partition coefficient (Wildman–Crippen LogP) is 4.02. The molecule has 1 aliphatic rings. The monoisotopic (exact) mass is 416 g/mol. The Hall–Kier alpha value is -2.67. The largest absolute Gasteiger partial charge is 0.348 e. The number of nitrogens with zero attached hydrogens (tertiary/aromatic N) is 1. The first-order valence-electron chi connectivity index (χ1n) is 9.61. The summed E-state index contributed by atoms with van der Waals surface area (Å²) in [4.78, 5) is 12.4. The zero-order valence-electron chi connectivity index (χ0n) is 16.4. The van der Waals surface area contributed by atoms with Crippen LogP contribution in [0, 0.1) is 5.82 Å². The van der Waals surface area contributed by atoms with E-state index in [1.807, 2.05) is 0 Å². The number of benzene rings is 2. The summed E-state index contributed by atoms with van der Waals surface area (Å²) in [6.07, 6.45) is 7.75. The van der Waals surface area contributed by atoms with Crippen LogP contribution in [0.4, 0.5) is 10.1 Å². The van der Waals surface area contributed by atoms with Crippen LogP contribution in [-0.4, -0.2) is 27.1 Å². The molecule has 29 heavy (non-hydrogen) atoms. The van der Waals surface area contributed by atoms with Gasteiger partial charge in [0, 0.05) is 12.1 Å². The van der Waals surface area contributed by atoms with E-state index in [2.05, 4.69) is 11.4 Å². The molecule has 0 saturated heterocycles. The Morgan fingerprint density at radius 3 is 2.34 bits per heavy atom. The van der Waals surface area contributed by atoms with Crippen LogP contribution in [0.15, 0.2) is 60.2 Å². The fraction of sp³-hybridized carbons (Fsp3) is 0.318. The van der Waals surface area contributed by atoms with Crippen LogP contribution in [0.1, 0.15) is 41.6 Å². The number of allylic oxidation sites excluding steroid dienone is 1. The molecule has 1 amide bonds. The molecule has 0 aliphatic heterocycles. The van der Waals surface area contributed by atoms with E-state index in [4.69, 9.17) is 0 Å². The number of carbonyl (C=O) groups excluding carboxylic acids is 1. The van der Waals surface area contributed by atoms with Gasteiger partial charge in [0.1, 0.15) is 5.82 Å². The summed E-state index contributed by atoms with van der Waals surface area (Å²) in [6.45, 7) is 0.624. The van der Waals surface area contributed by atoms with E-state index in [1.165, 1.54) is 28.4 Å². The molecular formula is C22H25FN2O3S. The SMILES string of the molecule is CS(=O)(=O)N(Cc1ccc(F)cc1)c1ccc(C(=O)NCC2=CCCCC2)cc1. The lowest BCUT2D eigenvalue weighted by atomic mass is 9.99. The summed E-state index contributed by atoms with van der Waals surface area (Å²) in [7, 11) is -3.55. The minimum Gasteiger partial charge on any atom is -0.348 e. The Balaban J connectivity index is 1.70. The predicted molar refractivity (Wildman–Crippen MR) is 113 cm³/mol. The molecule has 154 valence electrons. The van der Waals surface area contributed by atoms with E-state index in [9.17, 15) is 17.6 Å². The van der Waals surface area contributed by atoms with Gasteiger partial charge in [0.05, 0.1) is 18.5 Å². The van der Waals surface area contributed by atoms with Crippen molar-refractivity contribution in [3.63, 3.8) is 0 Å². The third kappa shape index (κ3) is 5.90. The van der Waals surface area contributed by atoms with Gasteiger partial charge in [0.15, 0.2) is 0 Å². The van der Waals surface area contributed by atoms with Gasteiger partial charge in [0.25, 0.3) is 5.91 Å². The molecule has 0 atom stereocenters. The van der Waals surface area contributed by atoms with Crippen molar-refractivity contribution >= 4 is 21.6 Å². The second kappa shape index (κ2) is 9.22. The lowest BCUT2D eigenvalue weighted by Crippen LogP contribution is -2.29. The Morgan fingerprint density at radius 1 is 1.07 bits per heavy atom. The molecule has 3 rings (SSSR count). The summed E-state index contributed by atoms with van der Waals surface area (Å²) >= 11 is 0. The minimum absolute atomic E-state index is 0.0822. The number of halogens is 1. The number of hydrogen-bond donors (Lipinski definition) is 1. The second-order valence-corrected chi connectivity index (χ2v) is 9.14. The third-order valence-corrected chi connectivity index (χ3v) is 6.06. The van der Waals surface area contributed by atoms with E-state index in [0.717, 1.165) is 25.5 Å². The zero-order chi connectivity index (χ0) is 20.9. The fourth-order valence-electron chi connectivity index (χ4n) is 3.30. The highest BCUT2D eigenvalue weighted by atomic mass is 32.2. The van der Waals surface area contributed by atoms with Gasteiger partial charge in [0.2, 0.25) is 10.0 Å². The topological polar surface area (TPSA) is 66.5 Å². The standard InChI is InChI=1S/C22H25FN2O3S/c1-29(27,28)25(16-18-7-11-20(23)12-8-18)21-13-9-19(10-14-21)22(26)24-15-17-5-3-2-4-6-17/h5,7-14H,2-4,6,15-16H2,1H3,(H,24,26). The van der Waals surface area contributed by atoms with Gasteiger partial charge in [-0.2, -0.15) is 0 Å². The van der Waals surface area contributed by atoms with E-state index < -0.39 is 10.0 Å². The van der Waals surface area contributed by atoms with Crippen LogP contribution in [0.3, 0.4) is 0 Å². The van der Waals surface area contributed by atoms with Crippen LogP contribution >= 0.6 is 0 Å². The number of amides is 1. The normalized spacial score (nSPS) is 14.2. The van der Waals surface area contributed by atoms with Gasteiger partial charge >= 0.3 is 0 Å². The van der Waals surface area contributed by atoms with Crippen molar-refractivity contribution in [1.29, 1.82) is 0 Å². The fourth-order valence-corrected chi connectivity index (χ4v) is 4.18. The first-order valence-corrected chi connectivity index (χ1v) is 11.5. The number of anilines is 1. The average Bonchev–Trinajstić information content (AvgIpc) is 2.71. The van der Waals surface area contributed by atoms with E-state index in [0.29, 0.717) is 23.4 Å². The number of rotatable bonds is 7. The van der Waals surface area contributed by atoms with Crippen LogP contribution in [0.5, 0.6) is 0 Å². The average molecular weight is 417 g/mol. The first-order chi connectivity index (χ1) is 13.8. The van der Waals surface area contributed by atoms with Crippen molar-refractivity contribution in [2.24, 2.45) is 0 Å². The molecule has 0 saturated carbocycles. The molecule has 7 heteroatoms. The van der Waals surface area contributed by atoms with Gasteiger partial charge in [-0.25, -0.2) is 12.8 Å². The van der Waals surface area contributed by atoms with Crippen LogP contribution in [0.2, 0.25) is 0 Å². The molecule has 1 aliphatic carbocycles. The molecular weight excluding hydrogens is 391 g/mol. The maximum Gasteiger partial charge on any atom is 0.251 e. The molecule has 0 heterocycles. The van der Waals surface area contributed by atoms with Gasteiger partial charge < -0.3 is 5.32 Å². The number of hydrogen-bond acceptors (Lipinski definition) is 3. The van der Waals surface area contributed by atoms with Crippen molar-refractivity contribution in [3.8, 4) is 0 Å². The van der Waals surface area contributed by atoms with Crippen LogP contribution in [-0.2, 0) is 16.6 Å².